The summed E-state index contributed by atoms with van der Waals surface area (Å²) in [7, 11) is -3.88. The highest BCUT2D eigenvalue weighted by molar-refractivity contribution is 7.99. The highest BCUT2D eigenvalue weighted by Crippen LogP contribution is 2.28. The standard InChI is InChI=1S/C22H17ClN4O3S2/c1-15-5-11-18(12-6-15)32(29,30)26-24-14-19-21(31-17-9-7-16(23)8-10-17)25-20-4-2-3-13-27(20)22(19)28/h2-14,26H,1H3/b24-14-. The zero-order chi connectivity index (χ0) is 22.7. The van der Waals surface area contributed by atoms with Crippen LogP contribution in [-0.2, 0) is 10.0 Å². The number of hydrogen-bond donors (Lipinski definition) is 1. The van der Waals surface area contributed by atoms with Crippen LogP contribution in [0.1, 0.15) is 11.1 Å². The predicted molar refractivity (Wildman–Crippen MR) is 126 cm³/mol. The lowest BCUT2D eigenvalue weighted by atomic mass is 10.2. The third kappa shape index (κ3) is 4.85. The number of hydrazone groups is 1. The molecule has 0 spiro atoms. The zero-order valence-corrected chi connectivity index (χ0v) is 19.2. The van der Waals surface area contributed by atoms with E-state index in [4.69, 9.17) is 11.6 Å². The van der Waals surface area contributed by atoms with Crippen LogP contribution in [0.2, 0.25) is 5.02 Å². The third-order valence-electron chi connectivity index (χ3n) is 4.46. The summed E-state index contributed by atoms with van der Waals surface area (Å²) in [5.41, 5.74) is 1.18. The Morgan fingerprint density at radius 1 is 1.06 bits per heavy atom. The zero-order valence-electron chi connectivity index (χ0n) is 16.8. The minimum absolute atomic E-state index is 0.0735. The van der Waals surface area contributed by atoms with Gasteiger partial charge in [0, 0.05) is 16.1 Å². The van der Waals surface area contributed by atoms with Gasteiger partial charge in [-0.15, -0.1) is 0 Å². The maximum atomic E-state index is 13.1. The van der Waals surface area contributed by atoms with E-state index in [1.165, 1.54) is 34.5 Å². The number of halogens is 1. The maximum absolute atomic E-state index is 13.1. The highest BCUT2D eigenvalue weighted by atomic mass is 35.5. The SMILES string of the molecule is Cc1ccc(S(=O)(=O)N/N=C\c2c(Sc3ccc(Cl)cc3)nc3ccccn3c2=O)cc1. The Morgan fingerprint density at radius 3 is 2.50 bits per heavy atom. The van der Waals surface area contributed by atoms with E-state index in [1.807, 2.05) is 19.1 Å². The molecule has 0 saturated heterocycles. The number of nitrogens with zero attached hydrogens (tertiary/aromatic N) is 3. The van der Waals surface area contributed by atoms with Crippen LogP contribution in [0.15, 0.2) is 97.6 Å². The van der Waals surface area contributed by atoms with Crippen LogP contribution < -0.4 is 10.4 Å². The van der Waals surface area contributed by atoms with E-state index in [0.717, 1.165) is 10.5 Å². The molecule has 0 bridgehead atoms. The molecule has 0 aliphatic carbocycles. The Morgan fingerprint density at radius 2 is 1.78 bits per heavy atom. The summed E-state index contributed by atoms with van der Waals surface area (Å²) < 4.78 is 26.4. The van der Waals surface area contributed by atoms with Gasteiger partial charge in [0.25, 0.3) is 15.6 Å². The number of benzene rings is 2. The summed E-state index contributed by atoms with van der Waals surface area (Å²) in [6.07, 6.45) is 2.77. The molecule has 2 aromatic carbocycles. The van der Waals surface area contributed by atoms with Gasteiger partial charge in [-0.3, -0.25) is 9.20 Å². The van der Waals surface area contributed by atoms with Gasteiger partial charge in [0.1, 0.15) is 10.7 Å². The average molecular weight is 485 g/mol. The molecule has 0 fully saturated rings. The highest BCUT2D eigenvalue weighted by Gasteiger charge is 2.15. The molecule has 0 unspecified atom stereocenters. The second kappa shape index (κ2) is 9.15. The van der Waals surface area contributed by atoms with Gasteiger partial charge in [-0.25, -0.2) is 9.82 Å². The molecular formula is C22H17ClN4O3S2. The van der Waals surface area contributed by atoms with Crippen LogP contribution in [0.5, 0.6) is 0 Å². The summed E-state index contributed by atoms with van der Waals surface area (Å²) in [4.78, 5) is 20.7. The van der Waals surface area contributed by atoms with Gasteiger partial charge in [-0.2, -0.15) is 13.5 Å². The van der Waals surface area contributed by atoms with E-state index < -0.39 is 10.0 Å². The fraction of sp³-hybridized carbons (Fsp3) is 0.0455. The van der Waals surface area contributed by atoms with Gasteiger partial charge in [-0.05, 0) is 55.5 Å². The summed E-state index contributed by atoms with van der Waals surface area (Å²) in [5.74, 6) is 0. The maximum Gasteiger partial charge on any atom is 0.276 e. The van der Waals surface area contributed by atoms with Gasteiger partial charge in [0.2, 0.25) is 0 Å². The number of fused-ring (bicyclic) bond motifs is 1. The minimum atomic E-state index is -3.88. The van der Waals surface area contributed by atoms with E-state index in [9.17, 15) is 13.2 Å². The van der Waals surface area contributed by atoms with Crippen LogP contribution in [-0.4, -0.2) is 24.0 Å². The minimum Gasteiger partial charge on any atom is -0.268 e. The molecule has 4 aromatic rings. The molecule has 1 N–H and O–H groups in total. The Bertz CT molecular complexity index is 1470. The van der Waals surface area contributed by atoms with Crippen molar-refractivity contribution in [3.8, 4) is 0 Å². The molecule has 0 atom stereocenters. The third-order valence-corrected chi connectivity index (χ3v) is 6.96. The fourth-order valence-corrected chi connectivity index (χ4v) is 4.62. The van der Waals surface area contributed by atoms with Crippen molar-refractivity contribution in [1.29, 1.82) is 0 Å². The molecule has 162 valence electrons. The molecule has 2 heterocycles. The quantitative estimate of drug-likeness (QED) is 0.252. The molecule has 4 rings (SSSR count). The normalized spacial score (nSPS) is 11.8. The van der Waals surface area contributed by atoms with Crippen LogP contribution in [0.25, 0.3) is 5.65 Å². The summed E-state index contributed by atoms with van der Waals surface area (Å²) in [6, 6.07) is 18.7. The summed E-state index contributed by atoms with van der Waals surface area (Å²) in [6.45, 7) is 1.86. The topological polar surface area (TPSA) is 92.9 Å². The van der Waals surface area contributed by atoms with Crippen molar-refractivity contribution in [3.63, 3.8) is 0 Å². The first-order chi connectivity index (χ1) is 15.3. The van der Waals surface area contributed by atoms with E-state index >= 15 is 0 Å². The van der Waals surface area contributed by atoms with Crippen LogP contribution in [0, 0.1) is 6.92 Å². The summed E-state index contributed by atoms with van der Waals surface area (Å²) in [5, 5.41) is 4.83. The number of sulfonamides is 1. The lowest BCUT2D eigenvalue weighted by Crippen LogP contribution is -2.23. The Kier molecular flexibility index (Phi) is 6.31. The number of hydrogen-bond acceptors (Lipinski definition) is 6. The number of pyridine rings is 1. The van der Waals surface area contributed by atoms with Gasteiger partial charge >= 0.3 is 0 Å². The van der Waals surface area contributed by atoms with E-state index in [0.29, 0.717) is 15.7 Å². The molecule has 7 nitrogen and oxygen atoms in total. The Balaban J connectivity index is 1.71. The van der Waals surface area contributed by atoms with Crippen LogP contribution >= 0.6 is 23.4 Å². The first-order valence-corrected chi connectivity index (χ1v) is 12.1. The average Bonchev–Trinajstić information content (AvgIpc) is 2.78. The molecule has 10 heteroatoms. The van der Waals surface area contributed by atoms with Crippen LogP contribution in [0.4, 0.5) is 0 Å². The number of aromatic nitrogens is 2. The largest absolute Gasteiger partial charge is 0.276 e. The van der Waals surface area contributed by atoms with Gasteiger partial charge in [0.15, 0.2) is 0 Å². The molecule has 0 amide bonds. The van der Waals surface area contributed by atoms with Gasteiger partial charge in [-0.1, -0.05) is 47.1 Å². The Labute approximate surface area is 193 Å². The molecule has 32 heavy (non-hydrogen) atoms. The van der Waals surface area contributed by atoms with E-state index in [-0.39, 0.29) is 16.0 Å². The van der Waals surface area contributed by atoms with Gasteiger partial charge < -0.3 is 0 Å². The second-order valence-corrected chi connectivity index (χ2v) is 9.95. The predicted octanol–water partition coefficient (Wildman–Crippen LogP) is 4.12. The summed E-state index contributed by atoms with van der Waals surface area (Å²) >= 11 is 7.21. The van der Waals surface area contributed by atoms with Crippen molar-refractivity contribution in [2.45, 2.75) is 21.7 Å². The molecule has 0 aliphatic rings. The molecular weight excluding hydrogens is 468 g/mol. The smallest absolute Gasteiger partial charge is 0.268 e. The van der Waals surface area contributed by atoms with E-state index in [1.54, 1.807) is 48.7 Å². The molecule has 0 saturated carbocycles. The van der Waals surface area contributed by atoms with Crippen LogP contribution in [0.3, 0.4) is 0 Å². The number of nitrogens with one attached hydrogen (secondary N) is 1. The van der Waals surface area contributed by atoms with Gasteiger partial charge in [0.05, 0.1) is 16.7 Å². The van der Waals surface area contributed by atoms with Crippen molar-refractivity contribution >= 4 is 45.2 Å². The number of rotatable bonds is 6. The van der Waals surface area contributed by atoms with E-state index in [2.05, 4.69) is 14.9 Å². The Hall–Kier alpha value is -3.14. The molecule has 0 radical (unpaired) electrons. The van der Waals surface area contributed by atoms with Crippen molar-refractivity contribution < 1.29 is 8.42 Å². The van der Waals surface area contributed by atoms with Crippen molar-refractivity contribution in [2.24, 2.45) is 5.10 Å². The van der Waals surface area contributed by atoms with Crippen molar-refractivity contribution in [1.82, 2.24) is 14.2 Å². The molecule has 0 aliphatic heterocycles. The number of aryl methyl sites for hydroxylation is 1. The monoisotopic (exact) mass is 484 g/mol. The second-order valence-electron chi connectivity index (χ2n) is 6.79. The fourth-order valence-electron chi connectivity index (χ4n) is 2.82. The van der Waals surface area contributed by atoms with Crippen molar-refractivity contribution in [2.75, 3.05) is 0 Å². The first-order valence-electron chi connectivity index (χ1n) is 9.40. The lowest BCUT2D eigenvalue weighted by molar-refractivity contribution is 0.584. The van der Waals surface area contributed by atoms with Crippen molar-refractivity contribution in [3.05, 3.63) is 99.4 Å². The first kappa shape index (κ1) is 22.1. The molecule has 2 aromatic heterocycles. The lowest BCUT2D eigenvalue weighted by Gasteiger charge is -2.08.